The summed E-state index contributed by atoms with van der Waals surface area (Å²) in [5.41, 5.74) is 2.03. The molecule has 1 N–H and O–H groups in total. The zero-order valence-electron chi connectivity index (χ0n) is 19.0. The summed E-state index contributed by atoms with van der Waals surface area (Å²) in [7, 11) is 1.31. The van der Waals surface area contributed by atoms with Gasteiger partial charge in [0.25, 0.3) is 5.56 Å². The molecule has 0 saturated heterocycles. The van der Waals surface area contributed by atoms with Crippen molar-refractivity contribution >= 4 is 50.9 Å². The van der Waals surface area contributed by atoms with Gasteiger partial charge in [-0.25, -0.2) is 9.78 Å². The van der Waals surface area contributed by atoms with Gasteiger partial charge in [0.2, 0.25) is 5.91 Å². The molecule has 36 heavy (non-hydrogen) atoms. The highest BCUT2D eigenvalue weighted by Crippen LogP contribution is 2.33. The molecule has 0 radical (unpaired) electrons. The molecule has 0 bridgehead atoms. The van der Waals surface area contributed by atoms with Crippen molar-refractivity contribution < 1.29 is 18.7 Å². The van der Waals surface area contributed by atoms with Gasteiger partial charge in [0.1, 0.15) is 10.6 Å². The van der Waals surface area contributed by atoms with Crippen molar-refractivity contribution in [1.29, 1.82) is 0 Å². The number of ether oxygens (including phenoxy) is 1. The molecular weight excluding hydrogens is 498 g/mol. The third-order valence-electron chi connectivity index (χ3n) is 5.30. The zero-order chi connectivity index (χ0) is 25.1. The lowest BCUT2D eigenvalue weighted by Gasteiger charge is -2.12. The number of furan rings is 1. The first kappa shape index (κ1) is 23.6. The number of benzene rings is 2. The van der Waals surface area contributed by atoms with Gasteiger partial charge >= 0.3 is 5.97 Å². The molecule has 10 heteroatoms. The molecule has 1 amide bonds. The van der Waals surface area contributed by atoms with E-state index in [9.17, 15) is 14.4 Å². The quantitative estimate of drug-likeness (QED) is 0.179. The number of carbonyl (C=O) groups excluding carboxylic acids is 2. The number of para-hydroxylation sites is 1. The van der Waals surface area contributed by atoms with E-state index in [1.165, 1.54) is 34.8 Å². The largest absolute Gasteiger partial charge is 0.465 e. The lowest BCUT2D eigenvalue weighted by molar-refractivity contribution is -0.113. The average molecular weight is 518 g/mol. The first-order chi connectivity index (χ1) is 17.5. The van der Waals surface area contributed by atoms with Crippen molar-refractivity contribution in [1.82, 2.24) is 9.55 Å². The Balaban J connectivity index is 1.44. The zero-order valence-corrected chi connectivity index (χ0v) is 20.6. The molecule has 0 fully saturated rings. The van der Waals surface area contributed by atoms with Gasteiger partial charge in [0, 0.05) is 16.6 Å². The first-order valence-corrected chi connectivity index (χ1v) is 12.7. The maximum absolute atomic E-state index is 13.7. The van der Waals surface area contributed by atoms with Crippen LogP contribution < -0.4 is 10.9 Å². The van der Waals surface area contributed by atoms with E-state index in [1.54, 1.807) is 42.7 Å². The third-order valence-corrected chi connectivity index (χ3v) is 7.11. The van der Waals surface area contributed by atoms with E-state index in [0.717, 1.165) is 0 Å². The fourth-order valence-corrected chi connectivity index (χ4v) is 5.40. The molecule has 5 rings (SSSR count). The molecule has 0 unspecified atom stereocenters. The molecule has 180 valence electrons. The van der Waals surface area contributed by atoms with Crippen LogP contribution in [0, 0.1) is 0 Å². The molecule has 0 spiro atoms. The number of amides is 1. The second kappa shape index (κ2) is 10.2. The van der Waals surface area contributed by atoms with E-state index in [0.29, 0.717) is 43.6 Å². The Labute approximate surface area is 213 Å². The van der Waals surface area contributed by atoms with Gasteiger partial charge in [-0.15, -0.1) is 11.3 Å². The summed E-state index contributed by atoms with van der Waals surface area (Å²) in [5.74, 6) is -0.104. The van der Waals surface area contributed by atoms with Gasteiger partial charge in [-0.1, -0.05) is 30.0 Å². The van der Waals surface area contributed by atoms with Gasteiger partial charge in [0.05, 0.1) is 35.8 Å². The lowest BCUT2D eigenvalue weighted by atomic mass is 10.2. The van der Waals surface area contributed by atoms with Gasteiger partial charge in [-0.2, -0.15) is 0 Å². The minimum absolute atomic E-state index is 0.0277. The summed E-state index contributed by atoms with van der Waals surface area (Å²) in [6, 6.07) is 19.2. The maximum Gasteiger partial charge on any atom is 0.337 e. The number of methoxy groups -OCH3 is 1. The van der Waals surface area contributed by atoms with Crippen molar-refractivity contribution in [3.05, 3.63) is 94.3 Å². The molecule has 3 heterocycles. The van der Waals surface area contributed by atoms with E-state index in [4.69, 9.17) is 9.40 Å². The second-order valence-electron chi connectivity index (χ2n) is 7.58. The van der Waals surface area contributed by atoms with E-state index in [-0.39, 0.29) is 17.2 Å². The third kappa shape index (κ3) is 4.68. The fourth-order valence-electron chi connectivity index (χ4n) is 3.62. The van der Waals surface area contributed by atoms with Crippen LogP contribution in [0.3, 0.4) is 0 Å². The van der Waals surface area contributed by atoms with Crippen molar-refractivity contribution in [3.8, 4) is 17.0 Å². The Morgan fingerprint density at radius 1 is 1.08 bits per heavy atom. The summed E-state index contributed by atoms with van der Waals surface area (Å²) in [4.78, 5) is 43.3. The summed E-state index contributed by atoms with van der Waals surface area (Å²) in [6.45, 7) is 0. The van der Waals surface area contributed by atoms with Crippen molar-refractivity contribution in [2.75, 3.05) is 18.2 Å². The average Bonchev–Trinajstić information content (AvgIpc) is 3.58. The van der Waals surface area contributed by atoms with Crippen LogP contribution in [-0.4, -0.2) is 34.3 Å². The van der Waals surface area contributed by atoms with E-state index in [2.05, 4.69) is 10.1 Å². The molecule has 8 nitrogen and oxygen atoms in total. The van der Waals surface area contributed by atoms with Gasteiger partial charge in [0.15, 0.2) is 5.16 Å². The Bertz CT molecular complexity index is 1590. The van der Waals surface area contributed by atoms with Crippen LogP contribution in [0.1, 0.15) is 10.4 Å². The predicted molar refractivity (Wildman–Crippen MR) is 140 cm³/mol. The van der Waals surface area contributed by atoms with Gasteiger partial charge in [-0.05, 0) is 48.5 Å². The highest BCUT2D eigenvalue weighted by molar-refractivity contribution is 7.99. The van der Waals surface area contributed by atoms with Gasteiger partial charge in [-0.3, -0.25) is 14.2 Å². The molecule has 0 aliphatic rings. The number of nitrogens with zero attached hydrogens (tertiary/aromatic N) is 2. The number of hydrogen-bond acceptors (Lipinski definition) is 8. The number of thioether (sulfide) groups is 1. The van der Waals surface area contributed by atoms with Crippen molar-refractivity contribution in [3.63, 3.8) is 0 Å². The minimum atomic E-state index is -0.451. The highest BCUT2D eigenvalue weighted by Gasteiger charge is 2.20. The maximum atomic E-state index is 13.7. The smallest absolute Gasteiger partial charge is 0.337 e. The normalized spacial score (nSPS) is 10.9. The van der Waals surface area contributed by atoms with Crippen LogP contribution in [0.25, 0.3) is 27.2 Å². The summed E-state index contributed by atoms with van der Waals surface area (Å²) in [6.07, 6.45) is 1.56. The number of anilines is 1. The number of aromatic nitrogens is 2. The van der Waals surface area contributed by atoms with E-state index < -0.39 is 5.97 Å². The molecule has 0 aliphatic carbocycles. The molecule has 0 atom stereocenters. The van der Waals surface area contributed by atoms with Crippen molar-refractivity contribution in [2.24, 2.45) is 0 Å². The highest BCUT2D eigenvalue weighted by atomic mass is 32.2. The summed E-state index contributed by atoms with van der Waals surface area (Å²) >= 11 is 2.52. The monoisotopic (exact) mass is 517 g/mol. The standard InChI is InChI=1S/C26H19N3O5S2/c1-33-25(32)16-9-11-17(12-10-16)27-21(30)15-36-26-28-23-22(19(14-35-23)20-8-5-13-34-20)24(31)29(26)18-6-3-2-4-7-18/h2-14H,15H2,1H3,(H,27,30). The molecule has 2 aromatic carbocycles. The number of hydrogen-bond donors (Lipinski definition) is 1. The summed E-state index contributed by atoms with van der Waals surface area (Å²) < 4.78 is 11.7. The Morgan fingerprint density at radius 3 is 2.56 bits per heavy atom. The van der Waals surface area contributed by atoms with Crippen molar-refractivity contribution in [2.45, 2.75) is 5.16 Å². The Kier molecular flexibility index (Phi) is 6.70. The fraction of sp³-hybridized carbons (Fsp3) is 0.0769. The predicted octanol–water partition coefficient (Wildman–Crippen LogP) is 5.22. The Hall–Kier alpha value is -4.15. The topological polar surface area (TPSA) is 103 Å². The van der Waals surface area contributed by atoms with Crippen LogP contribution in [0.4, 0.5) is 5.69 Å². The van der Waals surface area contributed by atoms with E-state index >= 15 is 0 Å². The number of carbonyl (C=O) groups is 2. The van der Waals surface area contributed by atoms with Crippen LogP contribution in [0.5, 0.6) is 0 Å². The number of fused-ring (bicyclic) bond motifs is 1. The number of nitrogens with one attached hydrogen (secondary N) is 1. The van der Waals surface area contributed by atoms with Crippen LogP contribution in [-0.2, 0) is 9.53 Å². The molecule has 0 saturated carbocycles. The molecule has 3 aromatic heterocycles. The van der Waals surface area contributed by atoms with Crippen LogP contribution >= 0.6 is 23.1 Å². The van der Waals surface area contributed by atoms with Gasteiger partial charge < -0.3 is 14.5 Å². The molecule has 0 aliphatic heterocycles. The second-order valence-corrected chi connectivity index (χ2v) is 9.38. The first-order valence-electron chi connectivity index (χ1n) is 10.8. The molecular formula is C26H19N3O5S2. The Morgan fingerprint density at radius 2 is 1.86 bits per heavy atom. The number of esters is 1. The molecule has 5 aromatic rings. The lowest BCUT2D eigenvalue weighted by Crippen LogP contribution is -2.22. The summed E-state index contributed by atoms with van der Waals surface area (Å²) in [5, 5.41) is 5.52. The SMILES string of the molecule is COC(=O)c1ccc(NC(=O)CSc2nc3scc(-c4ccco4)c3c(=O)n2-c2ccccc2)cc1. The number of rotatable bonds is 7. The number of thiophene rings is 1. The van der Waals surface area contributed by atoms with Crippen LogP contribution in [0.15, 0.2) is 92.7 Å². The minimum Gasteiger partial charge on any atom is -0.465 e. The van der Waals surface area contributed by atoms with Crippen LogP contribution in [0.2, 0.25) is 0 Å². The van der Waals surface area contributed by atoms with E-state index in [1.807, 2.05) is 35.7 Å².